The first kappa shape index (κ1) is 16.4. The molecule has 0 aliphatic carbocycles. The molecule has 7 nitrogen and oxygen atoms in total. The Morgan fingerprint density at radius 3 is 2.24 bits per heavy atom. The minimum absolute atomic E-state index is 0.171. The van der Waals surface area contributed by atoms with Crippen LogP contribution in [0.3, 0.4) is 0 Å². The van der Waals surface area contributed by atoms with E-state index in [0.717, 1.165) is 5.56 Å². The van der Waals surface area contributed by atoms with Crippen molar-refractivity contribution in [1.29, 1.82) is 0 Å². The van der Waals surface area contributed by atoms with E-state index in [1.807, 2.05) is 0 Å². The molecule has 0 saturated heterocycles. The summed E-state index contributed by atoms with van der Waals surface area (Å²) in [6.45, 7) is 3.14. The third-order valence-corrected chi connectivity index (χ3v) is 3.36. The summed E-state index contributed by atoms with van der Waals surface area (Å²) >= 11 is 0. The summed E-state index contributed by atoms with van der Waals surface area (Å²) in [7, 11) is 0. The lowest BCUT2D eigenvalue weighted by Gasteiger charge is -2.08. The molecule has 0 unspecified atom stereocenters. The van der Waals surface area contributed by atoms with E-state index < -0.39 is 0 Å². The molecule has 126 valence electrons. The van der Waals surface area contributed by atoms with Crippen LogP contribution < -0.4 is 10.6 Å². The summed E-state index contributed by atoms with van der Waals surface area (Å²) in [5.41, 5.74) is 2.44. The molecule has 3 aromatic rings. The minimum Gasteiger partial charge on any atom is -0.421 e. The fourth-order valence-electron chi connectivity index (χ4n) is 2.26. The van der Waals surface area contributed by atoms with Gasteiger partial charge in [0.2, 0.25) is 17.7 Å². The van der Waals surface area contributed by atoms with Crippen molar-refractivity contribution in [1.82, 2.24) is 10.2 Å². The maximum Gasteiger partial charge on any atom is 0.255 e. The Balaban J connectivity index is 1.72. The molecule has 0 radical (unpaired) electrons. The quantitative estimate of drug-likeness (QED) is 0.762. The van der Waals surface area contributed by atoms with E-state index in [0.29, 0.717) is 28.7 Å². The lowest BCUT2D eigenvalue weighted by molar-refractivity contribution is -0.114. The Kier molecular flexibility index (Phi) is 4.56. The van der Waals surface area contributed by atoms with Crippen molar-refractivity contribution < 1.29 is 14.0 Å². The van der Waals surface area contributed by atoms with Gasteiger partial charge >= 0.3 is 0 Å². The molecule has 2 N–H and O–H groups in total. The number of nitrogens with zero attached hydrogens (tertiary/aromatic N) is 2. The zero-order valence-corrected chi connectivity index (χ0v) is 13.7. The van der Waals surface area contributed by atoms with Gasteiger partial charge in [-0.15, -0.1) is 10.2 Å². The number of hydrogen-bond acceptors (Lipinski definition) is 5. The Hall–Kier alpha value is -3.48. The van der Waals surface area contributed by atoms with E-state index in [9.17, 15) is 9.59 Å². The SMILES string of the molecule is CC(=O)Nc1cccc(NC(=O)c2ccc(-c3nnc(C)o3)cc2)c1. The topological polar surface area (TPSA) is 97.1 Å². The number of anilines is 2. The lowest BCUT2D eigenvalue weighted by atomic mass is 10.1. The Bertz CT molecular complexity index is 916. The largest absolute Gasteiger partial charge is 0.421 e. The Morgan fingerprint density at radius 2 is 1.64 bits per heavy atom. The van der Waals surface area contributed by atoms with Crippen molar-refractivity contribution in [2.45, 2.75) is 13.8 Å². The lowest BCUT2D eigenvalue weighted by Crippen LogP contribution is -2.12. The number of carbonyl (C=O) groups excluding carboxylic acids is 2. The summed E-state index contributed by atoms with van der Waals surface area (Å²) in [5.74, 6) is 0.465. The van der Waals surface area contributed by atoms with Gasteiger partial charge in [0.05, 0.1) is 0 Å². The van der Waals surface area contributed by atoms with Crippen LogP contribution in [-0.2, 0) is 4.79 Å². The van der Waals surface area contributed by atoms with Crippen LogP contribution in [0.5, 0.6) is 0 Å². The molecular formula is C18H16N4O3. The number of amides is 2. The number of aryl methyl sites for hydroxylation is 1. The third kappa shape index (κ3) is 4.08. The zero-order valence-electron chi connectivity index (χ0n) is 13.7. The van der Waals surface area contributed by atoms with Crippen molar-refractivity contribution in [3.63, 3.8) is 0 Å². The molecule has 0 fully saturated rings. The van der Waals surface area contributed by atoms with Gasteiger partial charge in [0, 0.05) is 36.3 Å². The van der Waals surface area contributed by atoms with Crippen molar-refractivity contribution in [2.75, 3.05) is 10.6 Å². The molecule has 3 rings (SSSR count). The highest BCUT2D eigenvalue weighted by atomic mass is 16.4. The van der Waals surface area contributed by atoms with Crippen molar-refractivity contribution >= 4 is 23.2 Å². The second kappa shape index (κ2) is 6.96. The van der Waals surface area contributed by atoms with Gasteiger partial charge < -0.3 is 15.1 Å². The van der Waals surface area contributed by atoms with Crippen molar-refractivity contribution in [3.8, 4) is 11.5 Å². The first-order chi connectivity index (χ1) is 12.0. The number of nitrogens with one attached hydrogen (secondary N) is 2. The molecule has 0 atom stereocenters. The van der Waals surface area contributed by atoms with Crippen LogP contribution in [0.15, 0.2) is 52.9 Å². The van der Waals surface area contributed by atoms with E-state index >= 15 is 0 Å². The summed E-state index contributed by atoms with van der Waals surface area (Å²) in [5, 5.41) is 13.2. The summed E-state index contributed by atoms with van der Waals surface area (Å²) in [4.78, 5) is 23.5. The maximum atomic E-state index is 12.3. The van der Waals surface area contributed by atoms with Gasteiger partial charge in [-0.1, -0.05) is 6.07 Å². The van der Waals surface area contributed by atoms with Crippen LogP contribution >= 0.6 is 0 Å². The molecule has 2 aromatic carbocycles. The van der Waals surface area contributed by atoms with Gasteiger partial charge in [0.25, 0.3) is 5.91 Å². The molecule has 0 saturated carbocycles. The first-order valence-corrected chi connectivity index (χ1v) is 7.61. The number of rotatable bonds is 4. The predicted octanol–water partition coefficient (Wildman–Crippen LogP) is 3.26. The predicted molar refractivity (Wildman–Crippen MR) is 93.2 cm³/mol. The fourth-order valence-corrected chi connectivity index (χ4v) is 2.26. The number of hydrogen-bond donors (Lipinski definition) is 2. The number of benzene rings is 2. The average Bonchev–Trinajstić information content (AvgIpc) is 3.01. The van der Waals surface area contributed by atoms with E-state index in [1.54, 1.807) is 55.5 Å². The van der Waals surface area contributed by atoms with E-state index in [1.165, 1.54) is 6.92 Å². The molecular weight excluding hydrogens is 320 g/mol. The van der Waals surface area contributed by atoms with Crippen LogP contribution in [0.25, 0.3) is 11.5 Å². The van der Waals surface area contributed by atoms with E-state index in [2.05, 4.69) is 20.8 Å². The van der Waals surface area contributed by atoms with Gasteiger partial charge in [-0.3, -0.25) is 9.59 Å². The highest BCUT2D eigenvalue weighted by Gasteiger charge is 2.10. The van der Waals surface area contributed by atoms with Crippen molar-refractivity contribution in [3.05, 3.63) is 60.0 Å². The van der Waals surface area contributed by atoms with Crippen LogP contribution in [0.1, 0.15) is 23.2 Å². The Morgan fingerprint density at radius 1 is 0.960 bits per heavy atom. The standard InChI is InChI=1S/C18H16N4O3/c1-11(23)19-15-4-3-5-16(10-15)20-17(24)13-6-8-14(9-7-13)18-22-21-12(2)25-18/h3-10H,1-2H3,(H,19,23)(H,20,24). The molecule has 0 aliphatic rings. The summed E-state index contributed by atoms with van der Waals surface area (Å²) in [6, 6.07) is 13.8. The summed E-state index contributed by atoms with van der Waals surface area (Å²) < 4.78 is 5.35. The fraction of sp³-hybridized carbons (Fsp3) is 0.111. The second-order valence-electron chi connectivity index (χ2n) is 5.42. The zero-order chi connectivity index (χ0) is 17.8. The van der Waals surface area contributed by atoms with Crippen LogP contribution in [0, 0.1) is 6.92 Å². The average molecular weight is 336 g/mol. The third-order valence-electron chi connectivity index (χ3n) is 3.36. The maximum absolute atomic E-state index is 12.3. The van der Waals surface area contributed by atoms with Gasteiger partial charge in [0.15, 0.2) is 0 Å². The molecule has 1 aromatic heterocycles. The normalized spacial score (nSPS) is 10.3. The van der Waals surface area contributed by atoms with E-state index in [-0.39, 0.29) is 11.8 Å². The van der Waals surface area contributed by atoms with Gasteiger partial charge in [-0.2, -0.15) is 0 Å². The van der Waals surface area contributed by atoms with Gasteiger partial charge in [-0.05, 0) is 42.5 Å². The molecule has 2 amide bonds. The molecule has 25 heavy (non-hydrogen) atoms. The highest BCUT2D eigenvalue weighted by molar-refractivity contribution is 6.04. The van der Waals surface area contributed by atoms with Crippen molar-refractivity contribution in [2.24, 2.45) is 0 Å². The smallest absolute Gasteiger partial charge is 0.255 e. The molecule has 7 heteroatoms. The number of carbonyl (C=O) groups is 2. The molecule has 0 spiro atoms. The molecule has 0 bridgehead atoms. The van der Waals surface area contributed by atoms with Crippen LogP contribution in [-0.4, -0.2) is 22.0 Å². The van der Waals surface area contributed by atoms with E-state index in [4.69, 9.17) is 4.42 Å². The highest BCUT2D eigenvalue weighted by Crippen LogP contribution is 2.20. The van der Waals surface area contributed by atoms with Gasteiger partial charge in [0.1, 0.15) is 0 Å². The molecule has 1 heterocycles. The first-order valence-electron chi connectivity index (χ1n) is 7.61. The Labute approximate surface area is 144 Å². The number of aromatic nitrogens is 2. The second-order valence-corrected chi connectivity index (χ2v) is 5.42. The summed E-state index contributed by atoms with van der Waals surface area (Å²) in [6.07, 6.45) is 0. The monoisotopic (exact) mass is 336 g/mol. The van der Waals surface area contributed by atoms with Gasteiger partial charge in [-0.25, -0.2) is 0 Å². The minimum atomic E-state index is -0.256. The van der Waals surface area contributed by atoms with Crippen LogP contribution in [0.2, 0.25) is 0 Å². The molecule has 0 aliphatic heterocycles. The van der Waals surface area contributed by atoms with Crippen LogP contribution in [0.4, 0.5) is 11.4 Å².